The number of carbonyl (C=O) groups is 1. The Hall–Kier alpha value is -0.650. The highest BCUT2D eigenvalue weighted by atomic mass is 79.9. The van der Waals surface area contributed by atoms with Crippen LogP contribution in [0.3, 0.4) is 0 Å². The number of benzene rings is 1. The Morgan fingerprint density at radius 1 is 1.56 bits per heavy atom. The van der Waals surface area contributed by atoms with Gasteiger partial charge in [0.25, 0.3) is 0 Å². The molecule has 0 aliphatic heterocycles. The fourth-order valence-electron chi connectivity index (χ4n) is 1.30. The summed E-state index contributed by atoms with van der Waals surface area (Å²) in [5.74, 6) is -0.503. The first-order chi connectivity index (χ1) is 8.31. The van der Waals surface area contributed by atoms with Crippen molar-refractivity contribution < 1.29 is 9.18 Å². The number of anilines is 1. The van der Waals surface area contributed by atoms with Crippen LogP contribution in [0.5, 0.6) is 0 Å². The number of carbonyl (C=O) groups excluding carboxylic acids is 1. The Bertz CT molecular complexity index is 431. The summed E-state index contributed by atoms with van der Waals surface area (Å²) in [5, 5.41) is 2.77. The molecule has 0 aliphatic carbocycles. The van der Waals surface area contributed by atoms with Crippen molar-refractivity contribution in [1.29, 1.82) is 0 Å². The molecule has 1 unspecified atom stereocenters. The van der Waals surface area contributed by atoms with E-state index in [0.29, 0.717) is 10.2 Å². The van der Waals surface area contributed by atoms with Crippen molar-refractivity contribution >= 4 is 39.1 Å². The lowest BCUT2D eigenvalue weighted by atomic mass is 10.0. The zero-order chi connectivity index (χ0) is 13.9. The van der Waals surface area contributed by atoms with Crippen molar-refractivity contribution in [3.63, 3.8) is 0 Å². The number of halogens is 3. The summed E-state index contributed by atoms with van der Waals surface area (Å²) < 4.78 is 13.4. The van der Waals surface area contributed by atoms with Crippen LogP contribution in [0.15, 0.2) is 16.6 Å². The molecule has 0 fully saturated rings. The zero-order valence-electron chi connectivity index (χ0n) is 10.1. The van der Waals surface area contributed by atoms with Crippen LogP contribution in [0.1, 0.15) is 20.3 Å². The minimum atomic E-state index is -0.469. The topological polar surface area (TPSA) is 55.1 Å². The maximum atomic E-state index is 13.0. The summed E-state index contributed by atoms with van der Waals surface area (Å²) in [4.78, 5) is 11.8. The van der Waals surface area contributed by atoms with Gasteiger partial charge in [-0.3, -0.25) is 4.79 Å². The quantitative estimate of drug-likeness (QED) is 0.882. The van der Waals surface area contributed by atoms with Crippen LogP contribution in [0.2, 0.25) is 5.02 Å². The third-order valence-corrected chi connectivity index (χ3v) is 3.47. The van der Waals surface area contributed by atoms with Crippen molar-refractivity contribution in [2.75, 3.05) is 5.32 Å². The minimum absolute atomic E-state index is 0.147. The van der Waals surface area contributed by atoms with E-state index in [0.717, 1.165) is 6.07 Å². The molecule has 1 aromatic carbocycles. The molecule has 0 heterocycles. The number of nitrogens with one attached hydrogen (secondary N) is 1. The molecular weight excluding hydrogens is 322 g/mol. The Morgan fingerprint density at radius 3 is 2.67 bits per heavy atom. The van der Waals surface area contributed by atoms with E-state index >= 15 is 0 Å². The van der Waals surface area contributed by atoms with E-state index in [1.165, 1.54) is 6.07 Å². The van der Waals surface area contributed by atoms with Crippen molar-refractivity contribution in [3.8, 4) is 0 Å². The Labute approximate surface area is 119 Å². The van der Waals surface area contributed by atoms with Gasteiger partial charge in [0.15, 0.2) is 0 Å². The molecule has 0 saturated heterocycles. The van der Waals surface area contributed by atoms with Crippen molar-refractivity contribution in [2.24, 2.45) is 11.7 Å². The molecule has 0 bridgehead atoms. The molecule has 0 aromatic heterocycles. The second-order valence-corrected chi connectivity index (χ2v) is 5.67. The van der Waals surface area contributed by atoms with Crippen molar-refractivity contribution in [3.05, 3.63) is 27.4 Å². The summed E-state index contributed by atoms with van der Waals surface area (Å²) in [5.41, 5.74) is 6.17. The molecule has 0 saturated carbocycles. The van der Waals surface area contributed by atoms with Crippen LogP contribution in [-0.4, -0.2) is 11.9 Å². The summed E-state index contributed by atoms with van der Waals surface area (Å²) in [7, 11) is 0. The Balaban J connectivity index is 2.77. The molecule has 1 amide bonds. The normalized spacial score (nSPS) is 12.6. The number of nitrogens with two attached hydrogens (primary N) is 1. The molecule has 3 N–H and O–H groups in total. The first kappa shape index (κ1) is 15.4. The molecule has 3 nitrogen and oxygen atoms in total. The van der Waals surface area contributed by atoms with Crippen molar-refractivity contribution in [2.45, 2.75) is 26.3 Å². The molecule has 0 spiro atoms. The molecule has 100 valence electrons. The average Bonchev–Trinajstić information content (AvgIpc) is 2.23. The van der Waals surface area contributed by atoms with Gasteiger partial charge in [0.1, 0.15) is 5.82 Å². The van der Waals surface area contributed by atoms with Gasteiger partial charge in [-0.25, -0.2) is 4.39 Å². The van der Waals surface area contributed by atoms with E-state index in [4.69, 9.17) is 17.3 Å². The van der Waals surface area contributed by atoms with Crippen LogP contribution < -0.4 is 11.1 Å². The van der Waals surface area contributed by atoms with Crippen LogP contribution in [0.25, 0.3) is 0 Å². The molecule has 18 heavy (non-hydrogen) atoms. The van der Waals surface area contributed by atoms with Gasteiger partial charge in [0.2, 0.25) is 5.91 Å². The van der Waals surface area contributed by atoms with Gasteiger partial charge in [0, 0.05) is 16.9 Å². The van der Waals surface area contributed by atoms with Gasteiger partial charge in [-0.05, 0) is 34.0 Å². The molecule has 0 radical (unpaired) electrons. The predicted molar refractivity (Wildman–Crippen MR) is 75.2 cm³/mol. The van der Waals surface area contributed by atoms with Gasteiger partial charge in [0.05, 0.1) is 10.7 Å². The second-order valence-electron chi connectivity index (χ2n) is 4.40. The van der Waals surface area contributed by atoms with Crippen LogP contribution in [0.4, 0.5) is 10.1 Å². The van der Waals surface area contributed by atoms with Gasteiger partial charge < -0.3 is 11.1 Å². The smallest absolute Gasteiger partial charge is 0.226 e. The summed E-state index contributed by atoms with van der Waals surface area (Å²) in [6.45, 7) is 3.89. The molecule has 1 aromatic rings. The third kappa shape index (κ3) is 4.23. The van der Waals surface area contributed by atoms with E-state index in [1.807, 2.05) is 13.8 Å². The third-order valence-electron chi connectivity index (χ3n) is 2.55. The highest BCUT2D eigenvalue weighted by molar-refractivity contribution is 9.10. The average molecular weight is 338 g/mol. The zero-order valence-corrected chi connectivity index (χ0v) is 12.5. The fourth-order valence-corrected chi connectivity index (χ4v) is 2.20. The van der Waals surface area contributed by atoms with Gasteiger partial charge >= 0.3 is 0 Å². The van der Waals surface area contributed by atoms with Crippen LogP contribution in [-0.2, 0) is 4.79 Å². The Kier molecular flexibility index (Phi) is 5.56. The van der Waals surface area contributed by atoms with E-state index in [9.17, 15) is 9.18 Å². The summed E-state index contributed by atoms with van der Waals surface area (Å²) in [6, 6.07) is 2.16. The number of hydrogen-bond donors (Lipinski definition) is 2. The Morgan fingerprint density at radius 2 is 2.17 bits per heavy atom. The SMILES string of the molecule is CC(C)C(N)CC(=O)Nc1c(Cl)cc(F)cc1Br. The lowest BCUT2D eigenvalue weighted by Gasteiger charge is -2.16. The maximum Gasteiger partial charge on any atom is 0.226 e. The first-order valence-electron chi connectivity index (χ1n) is 5.51. The van der Waals surface area contributed by atoms with Crippen LogP contribution >= 0.6 is 27.5 Å². The lowest BCUT2D eigenvalue weighted by molar-refractivity contribution is -0.116. The lowest BCUT2D eigenvalue weighted by Crippen LogP contribution is -2.31. The number of amides is 1. The molecule has 6 heteroatoms. The van der Waals surface area contributed by atoms with E-state index < -0.39 is 5.82 Å². The first-order valence-corrected chi connectivity index (χ1v) is 6.68. The molecular formula is C12H15BrClFN2O. The monoisotopic (exact) mass is 336 g/mol. The van der Waals surface area contributed by atoms with E-state index in [1.54, 1.807) is 0 Å². The highest BCUT2D eigenvalue weighted by Crippen LogP contribution is 2.31. The summed E-state index contributed by atoms with van der Waals surface area (Å²) >= 11 is 9.01. The largest absolute Gasteiger partial charge is 0.327 e. The molecule has 0 aliphatic rings. The minimum Gasteiger partial charge on any atom is -0.327 e. The summed E-state index contributed by atoms with van der Waals surface area (Å²) in [6.07, 6.45) is 0.192. The predicted octanol–water partition coefficient (Wildman–Crippen LogP) is 3.55. The highest BCUT2D eigenvalue weighted by Gasteiger charge is 2.16. The van der Waals surface area contributed by atoms with Gasteiger partial charge in [-0.1, -0.05) is 25.4 Å². The molecule has 1 rings (SSSR count). The van der Waals surface area contributed by atoms with E-state index in [2.05, 4.69) is 21.2 Å². The van der Waals surface area contributed by atoms with Crippen molar-refractivity contribution in [1.82, 2.24) is 0 Å². The van der Waals surface area contributed by atoms with E-state index in [-0.39, 0.29) is 29.3 Å². The fraction of sp³-hybridized carbons (Fsp3) is 0.417. The van der Waals surface area contributed by atoms with Gasteiger partial charge in [-0.15, -0.1) is 0 Å². The number of hydrogen-bond acceptors (Lipinski definition) is 2. The molecule has 1 atom stereocenters. The van der Waals surface area contributed by atoms with Crippen LogP contribution in [0, 0.1) is 11.7 Å². The van der Waals surface area contributed by atoms with Gasteiger partial charge in [-0.2, -0.15) is 0 Å². The number of rotatable bonds is 4. The standard InChI is InChI=1S/C12H15BrClFN2O/c1-6(2)10(16)5-11(18)17-12-8(13)3-7(15)4-9(12)14/h3-4,6,10H,5,16H2,1-2H3,(H,17,18). The maximum absolute atomic E-state index is 13.0. The second kappa shape index (κ2) is 6.50.